The van der Waals surface area contributed by atoms with Crippen molar-refractivity contribution in [2.24, 2.45) is 5.84 Å². The molecular weight excluding hydrogens is 1130 g/mol. The van der Waals surface area contributed by atoms with Crippen molar-refractivity contribution in [1.82, 2.24) is 0 Å². The quantitative estimate of drug-likeness (QED) is 0.0349. The summed E-state index contributed by atoms with van der Waals surface area (Å²) in [6, 6.07) is 66.0. The lowest BCUT2D eigenvalue weighted by Crippen LogP contribution is -2.05. The molecule has 450 valence electrons. The lowest BCUT2D eigenvalue weighted by atomic mass is 10.3. The van der Waals surface area contributed by atoms with E-state index >= 15 is 0 Å². The van der Waals surface area contributed by atoms with Gasteiger partial charge in [0.05, 0.1) is 9.85 Å². The van der Waals surface area contributed by atoms with Crippen molar-refractivity contribution in [3.8, 4) is 23.0 Å². The van der Waals surface area contributed by atoms with E-state index in [1.54, 1.807) is 23.9 Å². The summed E-state index contributed by atoms with van der Waals surface area (Å²) < 4.78 is 26.9. The first kappa shape index (κ1) is 88.6. The van der Waals surface area contributed by atoms with Crippen LogP contribution < -0.4 is 26.5 Å². The number of ether oxygens (including phenoxy) is 2. The summed E-state index contributed by atoms with van der Waals surface area (Å²) in [5.74, 6) is 8.51. The van der Waals surface area contributed by atoms with E-state index in [1.165, 1.54) is 36.4 Å². The number of hydrazine groups is 1. The number of thiol groups is 1. The molecule has 0 amide bonds. The van der Waals surface area contributed by atoms with Gasteiger partial charge in [-0.3, -0.25) is 26.1 Å². The summed E-state index contributed by atoms with van der Waals surface area (Å²) in [6.45, 7) is 32.0. The second-order valence-corrected chi connectivity index (χ2v) is 14.4. The average Bonchev–Trinajstić information content (AvgIpc) is 3.57. The molecule has 0 aliphatic heterocycles. The Hall–Kier alpha value is -7.25. The molecule has 0 unspecified atom stereocenters. The minimum atomic E-state index is -0.462. The van der Waals surface area contributed by atoms with Crippen LogP contribution in [-0.4, -0.2) is 18.3 Å². The summed E-state index contributed by atoms with van der Waals surface area (Å²) in [5, 5.41) is 21.0. The number of para-hydroxylation sites is 2. The molecule has 0 saturated heterocycles. The molecule has 0 bridgehead atoms. The molecule has 8 aromatic carbocycles. The first-order valence-corrected chi connectivity index (χ1v) is 29.2. The molecule has 0 aliphatic rings. The maximum absolute atomic E-state index is 10.5. The van der Waals surface area contributed by atoms with Gasteiger partial charge >= 0.3 is 0 Å². The molecule has 5 N–H and O–H groups in total. The number of hydrogen-bond acceptors (Lipinski definition) is 15. The number of nitrogens with two attached hydrogens (primary N) is 2. The Morgan fingerprint density at radius 3 is 0.976 bits per heavy atom. The van der Waals surface area contributed by atoms with Crippen molar-refractivity contribution in [2.45, 2.75) is 125 Å². The smallest absolute Gasteiger partial charge is 0.269 e. The molecule has 0 heterocycles. The van der Waals surface area contributed by atoms with Gasteiger partial charge in [-0.2, -0.15) is 8.42 Å². The Morgan fingerprint density at radius 2 is 0.683 bits per heavy atom. The van der Waals surface area contributed by atoms with Crippen LogP contribution in [0.25, 0.3) is 0 Å². The highest BCUT2D eigenvalue weighted by atomic mass is 35.5. The number of nitrogens with one attached hydrogen (secondary N) is 1. The van der Waals surface area contributed by atoms with E-state index in [1.807, 2.05) is 281 Å². The number of hydrogen-bond donors (Lipinski definition) is 4. The molecule has 0 spiro atoms. The number of non-ortho nitro benzene ring substituents is 2. The highest BCUT2D eigenvalue weighted by molar-refractivity contribution is 7.99. The van der Waals surface area contributed by atoms with Crippen molar-refractivity contribution in [1.29, 1.82) is 0 Å². The molecule has 8 rings (SSSR count). The van der Waals surface area contributed by atoms with Crippen molar-refractivity contribution in [2.75, 3.05) is 11.2 Å². The number of halogens is 1. The lowest BCUT2D eigenvalue weighted by Gasteiger charge is -2.06. The average molecular weight is 1220 g/mol. The maximum Gasteiger partial charge on any atom is 0.269 e. The highest BCUT2D eigenvalue weighted by Crippen LogP contribution is 2.29. The number of benzene rings is 8. The largest absolute Gasteiger partial charge is 0.457 e. The van der Waals surface area contributed by atoms with E-state index in [0.29, 0.717) is 5.02 Å². The van der Waals surface area contributed by atoms with Gasteiger partial charge in [-0.15, -0.1) is 12.6 Å². The van der Waals surface area contributed by atoms with E-state index in [0.717, 1.165) is 49.1 Å². The zero-order chi connectivity index (χ0) is 64.4. The fourth-order valence-electron chi connectivity index (χ4n) is 4.66. The van der Waals surface area contributed by atoms with Crippen LogP contribution in [0.3, 0.4) is 0 Å². The van der Waals surface area contributed by atoms with Crippen molar-refractivity contribution in [3.05, 3.63) is 244 Å². The molecule has 0 saturated carbocycles. The number of nitro groups is 2. The van der Waals surface area contributed by atoms with Crippen molar-refractivity contribution in [3.63, 3.8) is 0 Å². The van der Waals surface area contributed by atoms with Crippen LogP contribution in [0.4, 0.5) is 22.7 Å². The zero-order valence-corrected chi connectivity index (χ0v) is 54.7. The number of nitrogen functional groups attached to an aromatic ring is 2. The third-order valence-electron chi connectivity index (χ3n) is 7.68. The van der Waals surface area contributed by atoms with Crippen LogP contribution in [0.15, 0.2) is 233 Å². The minimum Gasteiger partial charge on any atom is -0.457 e. The number of rotatable bonds is 9. The monoisotopic (exact) mass is 1220 g/mol. The molecule has 0 radical (unpaired) electrons. The summed E-state index contributed by atoms with van der Waals surface area (Å²) in [6.07, 6.45) is 0. The summed E-state index contributed by atoms with van der Waals surface area (Å²) in [5.41, 5.74) is 9.91. The minimum absolute atomic E-state index is 0.0596. The molecule has 82 heavy (non-hydrogen) atoms. The maximum atomic E-state index is 10.5. The summed E-state index contributed by atoms with van der Waals surface area (Å²) >= 11 is 16.8. The fraction of sp³-hybridized carbons (Fsp3) is 0.250. The Labute approximate surface area is 517 Å². The topological polar surface area (TPSA) is 203 Å². The predicted molar refractivity (Wildman–Crippen MR) is 361 cm³/mol. The van der Waals surface area contributed by atoms with E-state index in [-0.39, 0.29) is 11.4 Å². The van der Waals surface area contributed by atoms with Crippen LogP contribution in [0, 0.1) is 20.2 Å². The van der Waals surface area contributed by atoms with Gasteiger partial charge in [0.15, 0.2) is 25.1 Å². The molecule has 0 aliphatic carbocycles. The first-order chi connectivity index (χ1) is 40.1. The van der Waals surface area contributed by atoms with Gasteiger partial charge in [0.1, 0.15) is 23.0 Å². The van der Waals surface area contributed by atoms with E-state index < -0.39 is 9.85 Å². The molecular formula is C64H90ClN5O8S4. The molecule has 8 aromatic rings. The summed E-state index contributed by atoms with van der Waals surface area (Å²) in [4.78, 5) is 22.8. The first-order valence-electron chi connectivity index (χ1n) is 26.9. The Morgan fingerprint density at radius 1 is 0.415 bits per heavy atom. The molecule has 13 nitrogen and oxygen atoms in total. The van der Waals surface area contributed by atoms with Crippen LogP contribution >= 0.6 is 36.0 Å². The Balaban J connectivity index is -0.000000161. The Kier molecular flexibility index (Phi) is 75.5. The second-order valence-electron chi connectivity index (χ2n) is 12.3. The van der Waals surface area contributed by atoms with Gasteiger partial charge in [0, 0.05) is 55.3 Å². The highest BCUT2D eigenvalue weighted by Gasteiger charge is 2.05. The molecule has 0 aromatic heterocycles. The van der Waals surface area contributed by atoms with Crippen LogP contribution in [0.2, 0.25) is 5.02 Å². The number of nitrogens with zero attached hydrogens (tertiary/aromatic N) is 2. The second kappa shape index (κ2) is 69.9. The summed E-state index contributed by atoms with van der Waals surface area (Å²) in [7, 11) is 0. The predicted octanol–water partition coefficient (Wildman–Crippen LogP) is 21.3. The standard InChI is InChI=1S/C12H12N2O.C12H9NO2S.C12H11NO.C6H4ClNO2.C6H6S.8C2H6.2OS/c13-14-10-6-8-12(9-7-10)15-11-4-2-1-3-5-11;14-13(15)10-6-8-12(9-7-10)16-11-4-2-1-3-5-11;13-10-6-8-12(9-7-10)14-11-4-2-1-3-5-11;7-5-1-3-6(4-2-5)8(9)10;7-6-4-2-1-3-5-6;10*1-2/h1-9,14H,13H2;1-9H;1-9H,13H2;1-4H;1-5,7H;8*1-2H3;;. The molecule has 0 atom stereocenters. The molecule has 0 fully saturated rings. The SMILES string of the molecule is CC.CC.CC.CC.CC.CC.CC.CC.NNc1ccc(Oc2ccccc2)cc1.Nc1ccc(Oc2ccccc2)cc1.O=S.O=S.O=[N+]([O-])c1ccc(Cl)cc1.O=[N+]([O-])c1ccc(Sc2ccccc2)cc1.Sc1ccccc1. The number of nitro benzene ring substituents is 2. The van der Waals surface area contributed by atoms with Gasteiger partial charge in [0.2, 0.25) is 0 Å². The zero-order valence-electron chi connectivity index (χ0n) is 50.6. The van der Waals surface area contributed by atoms with E-state index in [2.05, 4.69) is 43.1 Å². The third kappa shape index (κ3) is 49.8. The fourth-order valence-corrected chi connectivity index (χ4v) is 5.79. The van der Waals surface area contributed by atoms with E-state index in [9.17, 15) is 20.2 Å². The van der Waals surface area contributed by atoms with Gasteiger partial charge in [-0.05, 0) is 121 Å². The number of anilines is 2. The normalized spacial score (nSPS) is 7.94. The van der Waals surface area contributed by atoms with Crippen LogP contribution in [0.5, 0.6) is 23.0 Å². The van der Waals surface area contributed by atoms with Gasteiger partial charge in [0.25, 0.3) is 11.4 Å². The third-order valence-corrected chi connectivity index (χ3v) is 9.24. The van der Waals surface area contributed by atoms with Crippen molar-refractivity contribution < 1.29 is 27.7 Å². The van der Waals surface area contributed by atoms with Crippen molar-refractivity contribution >= 4 is 83.8 Å². The van der Waals surface area contributed by atoms with Gasteiger partial charge < -0.3 is 20.6 Å². The molecule has 18 heteroatoms. The lowest BCUT2D eigenvalue weighted by molar-refractivity contribution is -0.385. The van der Waals surface area contributed by atoms with E-state index in [4.69, 9.17) is 41.1 Å². The van der Waals surface area contributed by atoms with Gasteiger partial charge in [-0.25, -0.2) is 0 Å². The van der Waals surface area contributed by atoms with Crippen LogP contribution in [0.1, 0.15) is 111 Å². The van der Waals surface area contributed by atoms with Crippen LogP contribution in [-0.2, 0) is 25.1 Å². The van der Waals surface area contributed by atoms with Gasteiger partial charge in [-0.1, -0.05) is 207 Å². The Bertz CT molecular complexity index is 2530.